The highest BCUT2D eigenvalue weighted by atomic mass is 79.9. The molecule has 0 aliphatic carbocycles. The quantitative estimate of drug-likeness (QED) is 0.597. The van der Waals surface area contributed by atoms with Gasteiger partial charge in [-0.25, -0.2) is 13.9 Å². The van der Waals surface area contributed by atoms with Crippen molar-refractivity contribution in [1.82, 2.24) is 14.6 Å². The number of halogens is 2. The van der Waals surface area contributed by atoms with Crippen molar-refractivity contribution in [3.8, 4) is 11.8 Å². The molecule has 0 aliphatic rings. The van der Waals surface area contributed by atoms with Gasteiger partial charge < -0.3 is 0 Å². The Labute approximate surface area is 117 Å². The number of hydrogen-bond donors (Lipinski definition) is 0. The molecule has 3 nitrogen and oxygen atoms in total. The first-order valence-electron chi connectivity index (χ1n) is 5.49. The van der Waals surface area contributed by atoms with Crippen LogP contribution >= 0.6 is 15.9 Å². The first-order valence-corrected chi connectivity index (χ1v) is 6.28. The largest absolute Gasteiger partial charge is 0.223 e. The average molecular weight is 316 g/mol. The van der Waals surface area contributed by atoms with Crippen LogP contribution in [0.4, 0.5) is 4.39 Å². The Morgan fingerprint density at radius 3 is 2.89 bits per heavy atom. The lowest BCUT2D eigenvalue weighted by Crippen LogP contribution is -1.91. The molecule has 0 N–H and O–H groups in total. The fraction of sp³-hybridized carbons (Fsp3) is 0. The predicted octanol–water partition coefficient (Wildman–Crippen LogP) is 3.03. The fourth-order valence-electron chi connectivity index (χ4n) is 1.64. The normalized spacial score (nSPS) is 10.2. The van der Waals surface area contributed by atoms with Gasteiger partial charge in [-0.2, -0.15) is 5.10 Å². The summed E-state index contributed by atoms with van der Waals surface area (Å²) in [4.78, 5) is 4.32. The first kappa shape index (κ1) is 11.9. The summed E-state index contributed by atoms with van der Waals surface area (Å²) in [5.41, 5.74) is 1.95. The van der Waals surface area contributed by atoms with Crippen LogP contribution in [-0.4, -0.2) is 14.6 Å². The molecule has 0 saturated carbocycles. The molecular weight excluding hydrogens is 309 g/mol. The standard InChI is InChI=1S/C14H7BrFN3/c15-11-7-10(8-12(16)9-11)1-2-13-4-6-19-14(18-13)3-5-17-19/h3-9H. The van der Waals surface area contributed by atoms with Crippen LogP contribution in [0, 0.1) is 17.7 Å². The van der Waals surface area contributed by atoms with E-state index in [-0.39, 0.29) is 5.82 Å². The number of benzene rings is 1. The summed E-state index contributed by atoms with van der Waals surface area (Å²) in [6, 6.07) is 8.09. The minimum atomic E-state index is -0.321. The summed E-state index contributed by atoms with van der Waals surface area (Å²) in [6.45, 7) is 0. The van der Waals surface area contributed by atoms with E-state index in [1.54, 1.807) is 35.1 Å². The van der Waals surface area contributed by atoms with Crippen molar-refractivity contribution >= 4 is 21.6 Å². The highest BCUT2D eigenvalue weighted by Gasteiger charge is 1.97. The van der Waals surface area contributed by atoms with Crippen LogP contribution < -0.4 is 0 Å². The zero-order chi connectivity index (χ0) is 13.2. The molecule has 19 heavy (non-hydrogen) atoms. The zero-order valence-corrected chi connectivity index (χ0v) is 11.2. The van der Waals surface area contributed by atoms with E-state index in [1.165, 1.54) is 12.1 Å². The van der Waals surface area contributed by atoms with Gasteiger partial charge in [0.05, 0.1) is 6.20 Å². The van der Waals surface area contributed by atoms with Gasteiger partial charge in [-0.05, 0) is 30.2 Å². The highest BCUT2D eigenvalue weighted by Crippen LogP contribution is 2.14. The van der Waals surface area contributed by atoms with E-state index in [2.05, 4.69) is 37.9 Å². The average Bonchev–Trinajstić information content (AvgIpc) is 2.82. The lowest BCUT2D eigenvalue weighted by Gasteiger charge is -1.95. The van der Waals surface area contributed by atoms with Gasteiger partial charge in [0.2, 0.25) is 0 Å². The third kappa shape index (κ3) is 2.64. The van der Waals surface area contributed by atoms with E-state index in [0.29, 0.717) is 15.7 Å². The summed E-state index contributed by atoms with van der Waals surface area (Å²) >= 11 is 3.23. The van der Waals surface area contributed by atoms with Crippen LogP contribution in [0.5, 0.6) is 0 Å². The molecule has 92 valence electrons. The topological polar surface area (TPSA) is 30.2 Å². The molecule has 3 aromatic rings. The van der Waals surface area contributed by atoms with Gasteiger partial charge in [-0.1, -0.05) is 21.9 Å². The number of hydrogen-bond acceptors (Lipinski definition) is 2. The number of fused-ring (bicyclic) bond motifs is 1. The van der Waals surface area contributed by atoms with Crippen molar-refractivity contribution < 1.29 is 4.39 Å². The third-order valence-corrected chi connectivity index (χ3v) is 2.91. The Bertz CT molecular complexity index is 794. The van der Waals surface area contributed by atoms with Gasteiger partial charge >= 0.3 is 0 Å². The van der Waals surface area contributed by atoms with Gasteiger partial charge in [0, 0.05) is 22.3 Å². The number of nitrogens with zero attached hydrogens (tertiary/aromatic N) is 3. The van der Waals surface area contributed by atoms with E-state index in [1.807, 2.05) is 0 Å². The lowest BCUT2D eigenvalue weighted by molar-refractivity contribution is 0.626. The Morgan fingerprint density at radius 1 is 1.16 bits per heavy atom. The van der Waals surface area contributed by atoms with Crippen molar-refractivity contribution in [1.29, 1.82) is 0 Å². The van der Waals surface area contributed by atoms with Crippen LogP contribution in [0.15, 0.2) is 47.2 Å². The molecule has 0 spiro atoms. The monoisotopic (exact) mass is 315 g/mol. The summed E-state index contributed by atoms with van der Waals surface area (Å²) in [6.07, 6.45) is 3.46. The maximum Gasteiger partial charge on any atom is 0.156 e. The smallest absolute Gasteiger partial charge is 0.156 e. The minimum Gasteiger partial charge on any atom is -0.223 e. The van der Waals surface area contributed by atoms with Crippen molar-refractivity contribution in [2.24, 2.45) is 0 Å². The summed E-state index contributed by atoms with van der Waals surface area (Å²) in [7, 11) is 0. The molecule has 1 aromatic carbocycles. The van der Waals surface area contributed by atoms with Crippen LogP contribution in [0.25, 0.3) is 5.65 Å². The maximum absolute atomic E-state index is 13.2. The minimum absolute atomic E-state index is 0.321. The van der Waals surface area contributed by atoms with E-state index >= 15 is 0 Å². The molecule has 0 atom stereocenters. The summed E-state index contributed by atoms with van der Waals surface area (Å²) < 4.78 is 15.5. The second-order valence-corrected chi connectivity index (χ2v) is 4.77. The van der Waals surface area contributed by atoms with Gasteiger partial charge in [0.15, 0.2) is 5.65 Å². The fourth-order valence-corrected chi connectivity index (χ4v) is 2.11. The Morgan fingerprint density at radius 2 is 2.05 bits per heavy atom. The molecule has 0 fully saturated rings. The Hall–Kier alpha value is -2.19. The van der Waals surface area contributed by atoms with E-state index in [0.717, 1.165) is 5.65 Å². The van der Waals surface area contributed by atoms with Crippen LogP contribution in [0.3, 0.4) is 0 Å². The Kier molecular flexibility index (Phi) is 3.02. The summed E-state index contributed by atoms with van der Waals surface area (Å²) in [5, 5.41) is 4.05. The van der Waals surface area contributed by atoms with E-state index < -0.39 is 0 Å². The van der Waals surface area contributed by atoms with Gasteiger partial charge in [0.1, 0.15) is 11.5 Å². The van der Waals surface area contributed by atoms with Crippen molar-refractivity contribution in [3.05, 3.63) is 64.3 Å². The van der Waals surface area contributed by atoms with Gasteiger partial charge in [-0.15, -0.1) is 0 Å². The Balaban J connectivity index is 1.98. The van der Waals surface area contributed by atoms with E-state index in [4.69, 9.17) is 0 Å². The maximum atomic E-state index is 13.2. The highest BCUT2D eigenvalue weighted by molar-refractivity contribution is 9.10. The second-order valence-electron chi connectivity index (χ2n) is 3.85. The van der Waals surface area contributed by atoms with Crippen molar-refractivity contribution in [2.45, 2.75) is 0 Å². The van der Waals surface area contributed by atoms with E-state index in [9.17, 15) is 4.39 Å². The van der Waals surface area contributed by atoms with Gasteiger partial charge in [0.25, 0.3) is 0 Å². The zero-order valence-electron chi connectivity index (χ0n) is 9.64. The molecule has 0 bridgehead atoms. The lowest BCUT2D eigenvalue weighted by atomic mass is 10.2. The predicted molar refractivity (Wildman–Crippen MR) is 73.1 cm³/mol. The molecule has 0 aliphatic heterocycles. The van der Waals surface area contributed by atoms with Gasteiger partial charge in [-0.3, -0.25) is 0 Å². The van der Waals surface area contributed by atoms with Crippen molar-refractivity contribution in [3.63, 3.8) is 0 Å². The molecule has 0 amide bonds. The van der Waals surface area contributed by atoms with Crippen LogP contribution in [-0.2, 0) is 0 Å². The molecule has 2 aromatic heterocycles. The van der Waals surface area contributed by atoms with Crippen molar-refractivity contribution in [2.75, 3.05) is 0 Å². The molecule has 0 saturated heterocycles. The number of rotatable bonds is 0. The molecule has 0 radical (unpaired) electrons. The molecule has 2 heterocycles. The third-order valence-electron chi connectivity index (χ3n) is 2.46. The van der Waals surface area contributed by atoms with Crippen LogP contribution in [0.2, 0.25) is 0 Å². The number of aromatic nitrogens is 3. The molecule has 0 unspecified atom stereocenters. The summed E-state index contributed by atoms with van der Waals surface area (Å²) in [5.74, 6) is 5.47. The SMILES string of the molecule is Fc1cc(Br)cc(C#Cc2ccn3nccc3n2)c1. The first-order chi connectivity index (χ1) is 9.20. The molecule has 5 heteroatoms. The molecule has 3 rings (SSSR count). The second kappa shape index (κ2) is 4.82. The molecular formula is C14H7BrFN3. The van der Waals surface area contributed by atoms with Crippen LogP contribution in [0.1, 0.15) is 11.3 Å².